The molecule has 2 aromatic carbocycles. The van der Waals surface area contributed by atoms with E-state index in [0.717, 1.165) is 5.56 Å². The molecule has 2 aromatic rings. The summed E-state index contributed by atoms with van der Waals surface area (Å²) >= 11 is 5.95. The van der Waals surface area contributed by atoms with Crippen LogP contribution in [0, 0.1) is 0 Å². The number of halogens is 1. The molecule has 0 saturated carbocycles. The van der Waals surface area contributed by atoms with Crippen LogP contribution in [0.3, 0.4) is 0 Å². The maximum atomic E-state index is 12.8. The van der Waals surface area contributed by atoms with Crippen molar-refractivity contribution in [3.63, 3.8) is 0 Å². The number of amides is 2. The molecule has 1 N–H and O–H groups in total. The quantitative estimate of drug-likeness (QED) is 0.589. The highest BCUT2D eigenvalue weighted by Gasteiger charge is 2.34. The molecule has 1 aliphatic heterocycles. The molecule has 2 amide bonds. The first-order chi connectivity index (χ1) is 13.5. The smallest absolute Gasteiger partial charge is 0.338 e. The molecular weight excluding hydrogens is 380 g/mol. The number of benzene rings is 2. The average Bonchev–Trinajstić information content (AvgIpc) is 2.70. The van der Waals surface area contributed by atoms with Gasteiger partial charge in [0, 0.05) is 17.8 Å². The molecule has 0 aromatic heterocycles. The van der Waals surface area contributed by atoms with Gasteiger partial charge in [-0.1, -0.05) is 41.9 Å². The van der Waals surface area contributed by atoms with Crippen molar-refractivity contribution in [1.82, 2.24) is 10.2 Å². The zero-order valence-electron chi connectivity index (χ0n) is 15.6. The Morgan fingerprint density at radius 3 is 2.46 bits per heavy atom. The van der Waals surface area contributed by atoms with Crippen LogP contribution in [-0.2, 0) is 9.53 Å². The van der Waals surface area contributed by atoms with E-state index in [0.29, 0.717) is 22.0 Å². The zero-order chi connectivity index (χ0) is 20.1. The minimum atomic E-state index is -0.608. The summed E-state index contributed by atoms with van der Waals surface area (Å²) in [5.41, 5.74) is 1.67. The van der Waals surface area contributed by atoms with E-state index in [4.69, 9.17) is 21.1 Å². The molecule has 146 valence electrons. The van der Waals surface area contributed by atoms with Crippen molar-refractivity contribution in [1.29, 1.82) is 0 Å². The monoisotopic (exact) mass is 400 g/mol. The van der Waals surface area contributed by atoms with Gasteiger partial charge in [-0.3, -0.25) is 0 Å². The standard InChI is InChI=1S/C21H21ClN2O4/c1-14-18(20(25)28-13-12-27-17-6-4-3-5-7-17)19(23-21(26)24(14)2)15-8-10-16(22)11-9-15/h3-11,19H,12-13H2,1-2H3,(H,23,26)/t19-/m1/s1. The van der Waals surface area contributed by atoms with E-state index in [9.17, 15) is 9.59 Å². The first-order valence-corrected chi connectivity index (χ1v) is 9.20. The second kappa shape index (κ2) is 8.80. The lowest BCUT2D eigenvalue weighted by Gasteiger charge is -2.33. The maximum Gasteiger partial charge on any atom is 0.338 e. The number of allylic oxidation sites excluding steroid dienone is 1. The van der Waals surface area contributed by atoms with Crippen molar-refractivity contribution < 1.29 is 19.1 Å². The molecule has 3 rings (SSSR count). The Kier molecular flexibility index (Phi) is 6.21. The summed E-state index contributed by atoms with van der Waals surface area (Å²) in [5.74, 6) is 0.207. The number of rotatable bonds is 6. The van der Waals surface area contributed by atoms with Crippen LogP contribution in [0.2, 0.25) is 5.02 Å². The highest BCUT2D eigenvalue weighted by atomic mass is 35.5. The zero-order valence-corrected chi connectivity index (χ0v) is 16.4. The minimum Gasteiger partial charge on any atom is -0.490 e. The van der Waals surface area contributed by atoms with Gasteiger partial charge in [-0.15, -0.1) is 0 Å². The fourth-order valence-corrected chi connectivity index (χ4v) is 3.02. The lowest BCUT2D eigenvalue weighted by Crippen LogP contribution is -2.46. The summed E-state index contributed by atoms with van der Waals surface area (Å²) < 4.78 is 11.0. The predicted octanol–water partition coefficient (Wildman–Crippen LogP) is 3.93. The Hall–Kier alpha value is -2.99. The van der Waals surface area contributed by atoms with Gasteiger partial charge in [0.15, 0.2) is 0 Å². The summed E-state index contributed by atoms with van der Waals surface area (Å²) in [5, 5.41) is 3.41. The third-order valence-electron chi connectivity index (χ3n) is 4.51. The second-order valence-electron chi connectivity index (χ2n) is 6.29. The lowest BCUT2D eigenvalue weighted by atomic mass is 9.95. The van der Waals surface area contributed by atoms with Gasteiger partial charge in [-0.25, -0.2) is 9.59 Å². The largest absolute Gasteiger partial charge is 0.490 e. The van der Waals surface area contributed by atoms with Gasteiger partial charge in [0.2, 0.25) is 0 Å². The molecule has 1 aliphatic rings. The summed E-state index contributed by atoms with van der Waals surface area (Å²) in [4.78, 5) is 26.4. The Bertz CT molecular complexity index is 881. The number of nitrogens with one attached hydrogen (secondary N) is 1. The van der Waals surface area contributed by atoms with Crippen LogP contribution < -0.4 is 10.1 Å². The molecule has 7 heteroatoms. The summed E-state index contributed by atoms with van der Waals surface area (Å²) in [7, 11) is 1.61. The van der Waals surface area contributed by atoms with Crippen LogP contribution in [0.15, 0.2) is 65.9 Å². The second-order valence-corrected chi connectivity index (χ2v) is 6.73. The first kappa shape index (κ1) is 19.8. The summed E-state index contributed by atoms with van der Waals surface area (Å²) in [6.07, 6.45) is 0. The molecule has 0 bridgehead atoms. The fourth-order valence-electron chi connectivity index (χ4n) is 2.89. The van der Waals surface area contributed by atoms with Crippen molar-refractivity contribution in [2.75, 3.05) is 20.3 Å². The van der Waals surface area contributed by atoms with Gasteiger partial charge in [0.25, 0.3) is 0 Å². The predicted molar refractivity (Wildman–Crippen MR) is 106 cm³/mol. The third kappa shape index (κ3) is 4.46. The van der Waals surface area contributed by atoms with Gasteiger partial charge in [-0.05, 0) is 36.8 Å². The Balaban J connectivity index is 1.72. The minimum absolute atomic E-state index is 0.0928. The van der Waals surface area contributed by atoms with Gasteiger partial charge < -0.3 is 19.7 Å². The van der Waals surface area contributed by atoms with E-state index >= 15 is 0 Å². The number of nitrogens with zero attached hydrogens (tertiary/aromatic N) is 1. The SMILES string of the molecule is CC1=C(C(=O)OCCOc2ccccc2)[C@@H](c2ccc(Cl)cc2)NC(=O)N1C. The molecule has 0 spiro atoms. The van der Waals surface area contributed by atoms with Crippen LogP contribution in [0.25, 0.3) is 0 Å². The molecule has 0 aliphatic carbocycles. The van der Waals surface area contributed by atoms with Crippen LogP contribution in [0.5, 0.6) is 5.75 Å². The van der Waals surface area contributed by atoms with E-state index in [1.54, 1.807) is 38.2 Å². The number of esters is 1. The van der Waals surface area contributed by atoms with Gasteiger partial charge >= 0.3 is 12.0 Å². The van der Waals surface area contributed by atoms with Crippen molar-refractivity contribution in [3.05, 3.63) is 76.5 Å². The number of hydrogen-bond acceptors (Lipinski definition) is 4. The number of carbonyl (C=O) groups is 2. The average molecular weight is 401 g/mol. The molecule has 0 saturated heterocycles. The first-order valence-electron chi connectivity index (χ1n) is 8.83. The van der Waals surface area contributed by atoms with E-state index in [1.807, 2.05) is 30.3 Å². The highest BCUT2D eigenvalue weighted by Crippen LogP contribution is 2.31. The number of hydrogen-bond donors (Lipinski definition) is 1. The van der Waals surface area contributed by atoms with Gasteiger partial charge in [0.05, 0.1) is 11.6 Å². The number of urea groups is 1. The van der Waals surface area contributed by atoms with Crippen LogP contribution in [0.1, 0.15) is 18.5 Å². The molecule has 0 unspecified atom stereocenters. The van der Waals surface area contributed by atoms with E-state index in [2.05, 4.69) is 5.32 Å². The van der Waals surface area contributed by atoms with Gasteiger partial charge in [0.1, 0.15) is 19.0 Å². The Morgan fingerprint density at radius 1 is 1.11 bits per heavy atom. The van der Waals surface area contributed by atoms with Crippen molar-refractivity contribution >= 4 is 23.6 Å². The van der Waals surface area contributed by atoms with Crippen LogP contribution in [-0.4, -0.2) is 37.2 Å². The molecule has 0 fully saturated rings. The third-order valence-corrected chi connectivity index (χ3v) is 4.76. The van der Waals surface area contributed by atoms with E-state index < -0.39 is 12.0 Å². The van der Waals surface area contributed by atoms with Crippen molar-refractivity contribution in [2.24, 2.45) is 0 Å². The number of carbonyl (C=O) groups excluding carboxylic acids is 2. The number of ether oxygens (including phenoxy) is 2. The summed E-state index contributed by atoms with van der Waals surface area (Å²) in [6.45, 7) is 2.05. The van der Waals surface area contributed by atoms with E-state index in [-0.39, 0.29) is 19.2 Å². The number of para-hydroxylation sites is 1. The molecule has 0 radical (unpaired) electrons. The topological polar surface area (TPSA) is 67.9 Å². The Labute approximate surface area is 168 Å². The maximum absolute atomic E-state index is 12.8. The molecule has 6 nitrogen and oxygen atoms in total. The molecular formula is C21H21ClN2O4. The van der Waals surface area contributed by atoms with Gasteiger partial charge in [-0.2, -0.15) is 0 Å². The molecule has 1 atom stereocenters. The van der Waals surface area contributed by atoms with Crippen LogP contribution in [0.4, 0.5) is 4.79 Å². The normalized spacial score (nSPS) is 16.6. The fraction of sp³-hybridized carbons (Fsp3) is 0.238. The highest BCUT2D eigenvalue weighted by molar-refractivity contribution is 6.30. The molecule has 28 heavy (non-hydrogen) atoms. The summed E-state index contributed by atoms with van der Waals surface area (Å²) in [6, 6.07) is 15.4. The lowest BCUT2D eigenvalue weighted by molar-refractivity contribution is -0.140. The van der Waals surface area contributed by atoms with Crippen LogP contribution >= 0.6 is 11.6 Å². The van der Waals surface area contributed by atoms with Crippen molar-refractivity contribution in [3.8, 4) is 5.75 Å². The van der Waals surface area contributed by atoms with E-state index in [1.165, 1.54) is 4.90 Å². The molecule has 1 heterocycles. The Morgan fingerprint density at radius 2 is 1.79 bits per heavy atom. The van der Waals surface area contributed by atoms with Crippen molar-refractivity contribution in [2.45, 2.75) is 13.0 Å².